The Labute approximate surface area is 107 Å². The first-order chi connectivity index (χ1) is 8.63. The van der Waals surface area contributed by atoms with Crippen LogP contribution in [0.3, 0.4) is 0 Å². The van der Waals surface area contributed by atoms with Crippen LogP contribution in [-0.2, 0) is 16.0 Å². The van der Waals surface area contributed by atoms with E-state index in [4.69, 9.17) is 15.2 Å². The minimum absolute atomic E-state index is 0.431. The Hall–Kier alpha value is -1.75. The van der Waals surface area contributed by atoms with Crippen molar-refractivity contribution in [2.45, 2.75) is 19.4 Å². The van der Waals surface area contributed by atoms with Crippen molar-refractivity contribution < 1.29 is 19.0 Å². The van der Waals surface area contributed by atoms with Gasteiger partial charge in [0.1, 0.15) is 0 Å². The van der Waals surface area contributed by atoms with Gasteiger partial charge >= 0.3 is 5.97 Å². The van der Waals surface area contributed by atoms with Crippen molar-refractivity contribution in [3.05, 3.63) is 23.8 Å². The summed E-state index contributed by atoms with van der Waals surface area (Å²) in [5.74, 6) is 0.694. The molecule has 0 amide bonds. The van der Waals surface area contributed by atoms with E-state index in [1.807, 2.05) is 12.1 Å². The zero-order valence-electron chi connectivity index (χ0n) is 10.9. The molecule has 0 fully saturated rings. The fourth-order valence-corrected chi connectivity index (χ4v) is 1.60. The molecule has 0 bridgehead atoms. The van der Waals surface area contributed by atoms with Crippen LogP contribution in [0.2, 0.25) is 0 Å². The third kappa shape index (κ3) is 3.37. The van der Waals surface area contributed by atoms with Crippen LogP contribution in [0, 0.1) is 0 Å². The number of nitrogens with two attached hydrogens (primary N) is 1. The van der Waals surface area contributed by atoms with E-state index in [-0.39, 0.29) is 0 Å². The first-order valence-corrected chi connectivity index (χ1v) is 5.74. The van der Waals surface area contributed by atoms with Crippen LogP contribution in [0.1, 0.15) is 12.5 Å². The standard InChI is InChI=1S/C13H19NO4/c1-9(13(15)17-3)18-12-10(7-8-14)5-4-6-11(12)16-2/h4-6,9H,7-8,14H2,1-3H3. The summed E-state index contributed by atoms with van der Waals surface area (Å²) in [6.45, 7) is 2.13. The van der Waals surface area contributed by atoms with Gasteiger partial charge in [-0.1, -0.05) is 12.1 Å². The van der Waals surface area contributed by atoms with E-state index < -0.39 is 12.1 Å². The van der Waals surface area contributed by atoms with E-state index in [0.29, 0.717) is 24.5 Å². The van der Waals surface area contributed by atoms with Gasteiger partial charge in [0.2, 0.25) is 0 Å². The Morgan fingerprint density at radius 2 is 2.11 bits per heavy atom. The van der Waals surface area contributed by atoms with E-state index >= 15 is 0 Å². The Balaban J connectivity index is 3.00. The molecule has 1 atom stereocenters. The van der Waals surface area contributed by atoms with Crippen molar-refractivity contribution in [2.75, 3.05) is 20.8 Å². The van der Waals surface area contributed by atoms with Crippen LogP contribution >= 0.6 is 0 Å². The molecule has 0 saturated heterocycles. The first-order valence-electron chi connectivity index (χ1n) is 5.74. The lowest BCUT2D eigenvalue weighted by molar-refractivity contribution is -0.147. The highest BCUT2D eigenvalue weighted by molar-refractivity contribution is 5.74. The molecular weight excluding hydrogens is 234 g/mol. The minimum Gasteiger partial charge on any atom is -0.493 e. The summed E-state index contributed by atoms with van der Waals surface area (Å²) in [4.78, 5) is 11.4. The Morgan fingerprint density at radius 3 is 2.67 bits per heavy atom. The van der Waals surface area contributed by atoms with Crippen molar-refractivity contribution in [1.82, 2.24) is 0 Å². The molecule has 0 aromatic heterocycles. The Morgan fingerprint density at radius 1 is 1.39 bits per heavy atom. The van der Waals surface area contributed by atoms with Gasteiger partial charge < -0.3 is 19.9 Å². The topological polar surface area (TPSA) is 70.8 Å². The molecule has 0 radical (unpaired) electrons. The molecule has 100 valence electrons. The number of rotatable bonds is 6. The molecule has 0 aliphatic heterocycles. The molecular formula is C13H19NO4. The SMILES string of the molecule is COC(=O)C(C)Oc1c(CCN)cccc1OC. The van der Waals surface area contributed by atoms with E-state index in [2.05, 4.69) is 4.74 Å². The molecule has 18 heavy (non-hydrogen) atoms. The van der Waals surface area contributed by atoms with Gasteiger partial charge in [0.15, 0.2) is 17.6 Å². The van der Waals surface area contributed by atoms with E-state index in [9.17, 15) is 4.79 Å². The summed E-state index contributed by atoms with van der Waals surface area (Å²) in [6, 6.07) is 5.54. The van der Waals surface area contributed by atoms with Crippen molar-refractivity contribution in [3.63, 3.8) is 0 Å². The minimum atomic E-state index is -0.692. The van der Waals surface area contributed by atoms with Crippen LogP contribution < -0.4 is 15.2 Å². The lowest BCUT2D eigenvalue weighted by Gasteiger charge is -2.18. The molecule has 0 aliphatic rings. The average molecular weight is 253 g/mol. The fourth-order valence-electron chi connectivity index (χ4n) is 1.60. The highest BCUT2D eigenvalue weighted by atomic mass is 16.6. The molecule has 1 aromatic rings. The maximum Gasteiger partial charge on any atom is 0.346 e. The van der Waals surface area contributed by atoms with Crippen molar-refractivity contribution >= 4 is 5.97 Å². The lowest BCUT2D eigenvalue weighted by Crippen LogP contribution is -2.25. The summed E-state index contributed by atoms with van der Waals surface area (Å²) in [6.07, 6.45) is -0.0386. The van der Waals surface area contributed by atoms with Crippen molar-refractivity contribution in [1.29, 1.82) is 0 Å². The molecule has 2 N–H and O–H groups in total. The zero-order valence-corrected chi connectivity index (χ0v) is 10.9. The van der Waals surface area contributed by atoms with Gasteiger partial charge in [-0.25, -0.2) is 4.79 Å². The summed E-state index contributed by atoms with van der Waals surface area (Å²) < 4.78 is 15.5. The largest absolute Gasteiger partial charge is 0.493 e. The molecule has 1 rings (SSSR count). The zero-order chi connectivity index (χ0) is 13.5. The van der Waals surface area contributed by atoms with Crippen LogP contribution in [-0.4, -0.2) is 32.8 Å². The molecule has 5 heteroatoms. The number of carbonyl (C=O) groups excluding carboxylic acids is 1. The monoisotopic (exact) mass is 253 g/mol. The second kappa shape index (κ2) is 6.86. The van der Waals surface area contributed by atoms with Gasteiger partial charge in [-0.2, -0.15) is 0 Å². The maximum absolute atomic E-state index is 11.4. The molecule has 1 aromatic carbocycles. The first kappa shape index (κ1) is 14.3. The van der Waals surface area contributed by atoms with Crippen LogP contribution in [0.25, 0.3) is 0 Å². The Kier molecular flexibility index (Phi) is 5.45. The van der Waals surface area contributed by atoms with Gasteiger partial charge in [-0.15, -0.1) is 0 Å². The molecule has 0 heterocycles. The second-order valence-corrected chi connectivity index (χ2v) is 3.77. The van der Waals surface area contributed by atoms with Gasteiger partial charge in [0.05, 0.1) is 14.2 Å². The third-order valence-corrected chi connectivity index (χ3v) is 2.52. The predicted octanol–water partition coefficient (Wildman–Crippen LogP) is 1.14. The average Bonchev–Trinajstić information content (AvgIpc) is 2.39. The summed E-state index contributed by atoms with van der Waals surface area (Å²) in [5, 5.41) is 0. The van der Waals surface area contributed by atoms with Gasteiger partial charge in [0, 0.05) is 0 Å². The third-order valence-electron chi connectivity index (χ3n) is 2.52. The molecule has 0 spiro atoms. The van der Waals surface area contributed by atoms with Crippen LogP contribution in [0.15, 0.2) is 18.2 Å². The number of carbonyl (C=O) groups is 1. The van der Waals surface area contributed by atoms with Gasteiger partial charge in [-0.05, 0) is 31.5 Å². The highest BCUT2D eigenvalue weighted by Gasteiger charge is 2.19. The van der Waals surface area contributed by atoms with E-state index in [1.54, 1.807) is 20.1 Å². The normalized spacial score (nSPS) is 11.8. The molecule has 5 nitrogen and oxygen atoms in total. The smallest absolute Gasteiger partial charge is 0.346 e. The maximum atomic E-state index is 11.4. The van der Waals surface area contributed by atoms with Crippen LogP contribution in [0.4, 0.5) is 0 Å². The van der Waals surface area contributed by atoms with Crippen molar-refractivity contribution in [2.24, 2.45) is 5.73 Å². The summed E-state index contributed by atoms with van der Waals surface area (Å²) in [5.41, 5.74) is 6.46. The second-order valence-electron chi connectivity index (χ2n) is 3.77. The quantitative estimate of drug-likeness (QED) is 0.770. The number of hydrogen-bond acceptors (Lipinski definition) is 5. The number of methoxy groups -OCH3 is 2. The number of benzene rings is 1. The predicted molar refractivity (Wildman–Crippen MR) is 67.9 cm³/mol. The fraction of sp³-hybridized carbons (Fsp3) is 0.462. The number of esters is 1. The highest BCUT2D eigenvalue weighted by Crippen LogP contribution is 2.32. The number of hydrogen-bond donors (Lipinski definition) is 1. The molecule has 0 aliphatic carbocycles. The Bertz CT molecular complexity index is 406. The van der Waals surface area contributed by atoms with E-state index in [1.165, 1.54) is 7.11 Å². The molecule has 0 saturated carbocycles. The van der Waals surface area contributed by atoms with Crippen LogP contribution in [0.5, 0.6) is 11.5 Å². The van der Waals surface area contributed by atoms with Crippen molar-refractivity contribution in [3.8, 4) is 11.5 Å². The number of para-hydroxylation sites is 1. The molecule has 1 unspecified atom stereocenters. The van der Waals surface area contributed by atoms with Gasteiger partial charge in [0.25, 0.3) is 0 Å². The lowest BCUT2D eigenvalue weighted by atomic mass is 10.1. The summed E-state index contributed by atoms with van der Waals surface area (Å²) in [7, 11) is 2.88. The summed E-state index contributed by atoms with van der Waals surface area (Å²) >= 11 is 0. The van der Waals surface area contributed by atoms with Gasteiger partial charge in [-0.3, -0.25) is 0 Å². The number of ether oxygens (including phenoxy) is 3. The van der Waals surface area contributed by atoms with E-state index in [0.717, 1.165) is 5.56 Å².